The molecule has 1 aliphatic rings. The highest BCUT2D eigenvalue weighted by Gasteiger charge is 2.49. The Morgan fingerprint density at radius 2 is 1.71 bits per heavy atom. The SMILES string of the molecule is CC(=O)O[C@@H]1[C@@H](C(C)O)OC(S)[C@@H]1OC(C)=O. The zero-order valence-electron chi connectivity index (χ0n) is 9.82. The summed E-state index contributed by atoms with van der Waals surface area (Å²) in [5, 5.41) is 9.51. The van der Waals surface area contributed by atoms with Crippen LogP contribution in [0, 0.1) is 0 Å². The van der Waals surface area contributed by atoms with Crippen molar-refractivity contribution >= 4 is 24.6 Å². The molecule has 0 aromatic rings. The van der Waals surface area contributed by atoms with Crippen LogP contribution in [0.1, 0.15) is 20.8 Å². The number of esters is 2. The van der Waals surface area contributed by atoms with Crippen molar-refractivity contribution in [2.24, 2.45) is 0 Å². The minimum absolute atomic E-state index is 0.527. The van der Waals surface area contributed by atoms with Crippen molar-refractivity contribution in [3.63, 3.8) is 0 Å². The van der Waals surface area contributed by atoms with E-state index in [2.05, 4.69) is 12.6 Å². The lowest BCUT2D eigenvalue weighted by molar-refractivity contribution is -0.165. The maximum absolute atomic E-state index is 11.0. The Morgan fingerprint density at radius 3 is 2.12 bits per heavy atom. The molecule has 2 unspecified atom stereocenters. The number of carbonyl (C=O) groups excluding carboxylic acids is 2. The van der Waals surface area contributed by atoms with Gasteiger partial charge in [0.05, 0.1) is 6.10 Å². The van der Waals surface area contributed by atoms with Gasteiger partial charge in [0.2, 0.25) is 0 Å². The van der Waals surface area contributed by atoms with Gasteiger partial charge in [0.15, 0.2) is 12.2 Å². The third-order valence-electron chi connectivity index (χ3n) is 2.30. The van der Waals surface area contributed by atoms with Crippen LogP contribution in [-0.4, -0.2) is 46.9 Å². The van der Waals surface area contributed by atoms with Gasteiger partial charge in [-0.1, -0.05) is 0 Å². The number of rotatable bonds is 3. The van der Waals surface area contributed by atoms with Gasteiger partial charge in [-0.3, -0.25) is 9.59 Å². The van der Waals surface area contributed by atoms with Crippen molar-refractivity contribution in [1.29, 1.82) is 0 Å². The van der Waals surface area contributed by atoms with Gasteiger partial charge in [-0.15, -0.1) is 12.6 Å². The van der Waals surface area contributed by atoms with E-state index in [1.807, 2.05) is 0 Å². The zero-order valence-corrected chi connectivity index (χ0v) is 10.7. The average Bonchev–Trinajstić information content (AvgIpc) is 2.44. The molecule has 98 valence electrons. The molecule has 0 amide bonds. The van der Waals surface area contributed by atoms with Crippen LogP contribution in [0.5, 0.6) is 0 Å². The summed E-state index contributed by atoms with van der Waals surface area (Å²) in [6.07, 6.45) is -3.29. The molecule has 0 aromatic carbocycles. The summed E-state index contributed by atoms with van der Waals surface area (Å²) < 4.78 is 15.3. The number of hydrogen-bond acceptors (Lipinski definition) is 7. The number of aliphatic hydroxyl groups is 1. The van der Waals surface area contributed by atoms with Crippen LogP contribution in [-0.2, 0) is 23.8 Å². The van der Waals surface area contributed by atoms with Crippen molar-refractivity contribution in [2.75, 3.05) is 0 Å². The fourth-order valence-electron chi connectivity index (χ4n) is 1.70. The lowest BCUT2D eigenvalue weighted by Gasteiger charge is -2.23. The summed E-state index contributed by atoms with van der Waals surface area (Å²) >= 11 is 4.10. The van der Waals surface area contributed by atoms with Gasteiger partial charge in [0.25, 0.3) is 0 Å². The molecule has 1 heterocycles. The highest BCUT2D eigenvalue weighted by Crippen LogP contribution is 2.30. The smallest absolute Gasteiger partial charge is 0.303 e. The van der Waals surface area contributed by atoms with E-state index in [9.17, 15) is 14.7 Å². The van der Waals surface area contributed by atoms with Crippen molar-refractivity contribution in [3.8, 4) is 0 Å². The summed E-state index contributed by atoms with van der Waals surface area (Å²) in [5.74, 6) is -1.06. The first-order valence-corrected chi connectivity index (χ1v) is 5.70. The molecule has 1 rings (SSSR count). The van der Waals surface area contributed by atoms with Gasteiger partial charge < -0.3 is 19.3 Å². The Bertz CT molecular complexity index is 305. The Morgan fingerprint density at radius 1 is 1.24 bits per heavy atom. The molecular formula is C10H16O6S. The number of ether oxygens (including phenoxy) is 3. The van der Waals surface area contributed by atoms with Crippen molar-refractivity contribution in [1.82, 2.24) is 0 Å². The minimum atomic E-state index is -0.866. The highest BCUT2D eigenvalue weighted by molar-refractivity contribution is 7.80. The van der Waals surface area contributed by atoms with Crippen molar-refractivity contribution in [2.45, 2.75) is 50.6 Å². The lowest BCUT2D eigenvalue weighted by Crippen LogP contribution is -2.42. The Hall–Kier alpha value is -0.790. The molecule has 0 spiro atoms. The standard InChI is InChI=1S/C10H16O6S/c1-4(11)7-8(14-5(2)12)9(10(17)16-7)15-6(3)13/h4,7-11,17H,1-3H3/t4?,7-,8-,9-,10?/m1/s1. The van der Waals surface area contributed by atoms with Gasteiger partial charge in [-0.2, -0.15) is 0 Å². The molecule has 7 heteroatoms. The molecule has 0 radical (unpaired) electrons. The number of hydrogen-bond donors (Lipinski definition) is 2. The number of aliphatic hydroxyl groups excluding tert-OH is 1. The largest absolute Gasteiger partial charge is 0.456 e. The van der Waals surface area contributed by atoms with Gasteiger partial charge in [-0.25, -0.2) is 0 Å². The summed E-state index contributed by atoms with van der Waals surface area (Å²) in [4.78, 5) is 21.9. The summed E-state index contributed by atoms with van der Waals surface area (Å²) in [6, 6.07) is 0. The molecule has 0 aromatic heterocycles. The first kappa shape index (κ1) is 14.3. The Kier molecular flexibility index (Phi) is 4.79. The maximum atomic E-state index is 11.0. The molecule has 1 saturated heterocycles. The monoisotopic (exact) mass is 264 g/mol. The van der Waals surface area contributed by atoms with E-state index >= 15 is 0 Å². The summed E-state index contributed by atoms with van der Waals surface area (Å²) in [5.41, 5.74) is -0.733. The summed E-state index contributed by atoms with van der Waals surface area (Å²) in [6.45, 7) is 3.97. The zero-order chi connectivity index (χ0) is 13.2. The Labute approximate surface area is 105 Å². The van der Waals surface area contributed by atoms with Gasteiger partial charge in [0, 0.05) is 13.8 Å². The highest BCUT2D eigenvalue weighted by atomic mass is 32.1. The molecule has 0 saturated carbocycles. The molecule has 0 bridgehead atoms. The predicted octanol–water partition coefficient (Wildman–Crippen LogP) is -0.115. The van der Waals surface area contributed by atoms with Crippen molar-refractivity contribution in [3.05, 3.63) is 0 Å². The van der Waals surface area contributed by atoms with Crippen LogP contribution < -0.4 is 0 Å². The van der Waals surface area contributed by atoms with Crippen LogP contribution >= 0.6 is 12.6 Å². The van der Waals surface area contributed by atoms with E-state index in [4.69, 9.17) is 14.2 Å². The number of carbonyl (C=O) groups is 2. The van der Waals surface area contributed by atoms with Crippen LogP contribution in [0.15, 0.2) is 0 Å². The van der Waals surface area contributed by atoms with E-state index in [1.54, 1.807) is 0 Å². The third-order valence-corrected chi connectivity index (χ3v) is 2.72. The fourth-order valence-corrected chi connectivity index (χ4v) is 2.07. The van der Waals surface area contributed by atoms with Crippen LogP contribution in [0.2, 0.25) is 0 Å². The lowest BCUT2D eigenvalue weighted by atomic mass is 10.1. The maximum Gasteiger partial charge on any atom is 0.303 e. The molecular weight excluding hydrogens is 248 g/mol. The van der Waals surface area contributed by atoms with E-state index < -0.39 is 41.8 Å². The molecule has 6 nitrogen and oxygen atoms in total. The minimum Gasteiger partial charge on any atom is -0.456 e. The van der Waals surface area contributed by atoms with Gasteiger partial charge in [0.1, 0.15) is 11.5 Å². The van der Waals surface area contributed by atoms with Crippen LogP contribution in [0.3, 0.4) is 0 Å². The average molecular weight is 264 g/mol. The molecule has 0 aliphatic carbocycles. The van der Waals surface area contributed by atoms with E-state index in [0.29, 0.717) is 0 Å². The van der Waals surface area contributed by atoms with E-state index in [1.165, 1.54) is 20.8 Å². The third kappa shape index (κ3) is 3.58. The van der Waals surface area contributed by atoms with Gasteiger partial charge >= 0.3 is 11.9 Å². The normalized spacial score (nSPS) is 34.2. The predicted molar refractivity (Wildman–Crippen MR) is 60.4 cm³/mol. The molecule has 5 atom stereocenters. The first-order valence-electron chi connectivity index (χ1n) is 5.19. The molecule has 1 aliphatic heterocycles. The fraction of sp³-hybridized carbons (Fsp3) is 0.800. The molecule has 1 N–H and O–H groups in total. The van der Waals surface area contributed by atoms with Crippen LogP contribution in [0.25, 0.3) is 0 Å². The van der Waals surface area contributed by atoms with Crippen LogP contribution in [0.4, 0.5) is 0 Å². The van der Waals surface area contributed by atoms with E-state index in [0.717, 1.165) is 0 Å². The summed E-state index contributed by atoms with van der Waals surface area (Å²) in [7, 11) is 0. The molecule has 17 heavy (non-hydrogen) atoms. The molecule has 1 fully saturated rings. The Balaban J connectivity index is 2.84. The van der Waals surface area contributed by atoms with Gasteiger partial charge in [-0.05, 0) is 6.92 Å². The van der Waals surface area contributed by atoms with E-state index in [-0.39, 0.29) is 0 Å². The quantitative estimate of drug-likeness (QED) is 0.546. The van der Waals surface area contributed by atoms with Crippen molar-refractivity contribution < 1.29 is 28.9 Å². The second-order valence-electron chi connectivity index (χ2n) is 3.88. The first-order chi connectivity index (χ1) is 7.82. The second kappa shape index (κ2) is 5.70. The topological polar surface area (TPSA) is 82.1 Å². The number of thiol groups is 1. The second-order valence-corrected chi connectivity index (χ2v) is 4.39.